The Morgan fingerprint density at radius 2 is 1.92 bits per heavy atom. The summed E-state index contributed by atoms with van der Waals surface area (Å²) in [6.45, 7) is 4.16. The van der Waals surface area contributed by atoms with Gasteiger partial charge in [0.1, 0.15) is 11.4 Å². The largest absolute Gasteiger partial charge is 0.421 e. The molecule has 0 radical (unpaired) electrons. The van der Waals surface area contributed by atoms with Gasteiger partial charge < -0.3 is 26.4 Å². The van der Waals surface area contributed by atoms with Crippen molar-refractivity contribution < 1.29 is 23.1 Å². The van der Waals surface area contributed by atoms with E-state index in [4.69, 9.17) is 5.73 Å². The molecule has 2 aliphatic rings. The number of fused-ring (bicyclic) bond motifs is 1. The fraction of sp³-hybridized carbons (Fsp3) is 0.560. The summed E-state index contributed by atoms with van der Waals surface area (Å²) in [7, 11) is 0. The molecule has 196 valence electrons. The Morgan fingerprint density at radius 3 is 2.58 bits per heavy atom. The Balaban J connectivity index is 1.51. The van der Waals surface area contributed by atoms with Crippen molar-refractivity contribution in [2.24, 2.45) is 5.73 Å². The minimum atomic E-state index is -4.59. The SMILES string of the molecule is CC(C)(O)CC(=O)N1CCc2ccc(Nc3ncc(C(F)(F)F)c(NC4CCC(N)CC4)n3)cc2C1. The van der Waals surface area contributed by atoms with Crippen molar-refractivity contribution in [3.8, 4) is 0 Å². The van der Waals surface area contributed by atoms with Crippen LogP contribution in [-0.2, 0) is 23.9 Å². The molecule has 11 heteroatoms. The Hall–Kier alpha value is -2.92. The highest BCUT2D eigenvalue weighted by molar-refractivity contribution is 5.77. The molecule has 8 nitrogen and oxygen atoms in total. The third-order valence-corrected chi connectivity index (χ3v) is 6.62. The number of benzene rings is 1. The molecule has 0 saturated heterocycles. The van der Waals surface area contributed by atoms with Gasteiger partial charge in [0.15, 0.2) is 0 Å². The van der Waals surface area contributed by atoms with E-state index < -0.39 is 17.3 Å². The van der Waals surface area contributed by atoms with Crippen LogP contribution in [0.25, 0.3) is 0 Å². The van der Waals surface area contributed by atoms with Crippen molar-refractivity contribution in [1.29, 1.82) is 0 Å². The summed E-state index contributed by atoms with van der Waals surface area (Å²) in [6, 6.07) is 5.56. The molecule has 1 fully saturated rings. The molecule has 4 rings (SSSR count). The van der Waals surface area contributed by atoms with Gasteiger partial charge >= 0.3 is 6.18 Å². The van der Waals surface area contributed by atoms with Crippen LogP contribution in [0.15, 0.2) is 24.4 Å². The summed E-state index contributed by atoms with van der Waals surface area (Å²) in [5.41, 5.74) is 6.57. The van der Waals surface area contributed by atoms with Crippen LogP contribution >= 0.6 is 0 Å². The molecule has 36 heavy (non-hydrogen) atoms. The molecule has 1 aliphatic heterocycles. The second-order valence-corrected chi connectivity index (χ2v) is 10.4. The van der Waals surface area contributed by atoms with E-state index in [1.807, 2.05) is 18.2 Å². The summed E-state index contributed by atoms with van der Waals surface area (Å²) >= 11 is 0. The van der Waals surface area contributed by atoms with Crippen molar-refractivity contribution in [3.63, 3.8) is 0 Å². The molecule has 0 atom stereocenters. The molecular formula is C25H33F3N6O2. The molecule has 0 spiro atoms. The number of hydrogen-bond donors (Lipinski definition) is 4. The van der Waals surface area contributed by atoms with E-state index in [2.05, 4.69) is 20.6 Å². The van der Waals surface area contributed by atoms with E-state index in [0.29, 0.717) is 38.0 Å². The number of anilines is 3. The highest BCUT2D eigenvalue weighted by Gasteiger charge is 2.36. The maximum atomic E-state index is 13.6. The number of nitrogens with zero attached hydrogens (tertiary/aromatic N) is 3. The fourth-order valence-corrected chi connectivity index (χ4v) is 4.68. The molecule has 1 aromatic heterocycles. The molecule has 0 bridgehead atoms. The number of rotatable bonds is 6. The van der Waals surface area contributed by atoms with Crippen LogP contribution < -0.4 is 16.4 Å². The second-order valence-electron chi connectivity index (χ2n) is 10.4. The number of carbonyl (C=O) groups excluding carboxylic acids is 1. The zero-order valence-electron chi connectivity index (χ0n) is 20.5. The van der Waals surface area contributed by atoms with Crippen LogP contribution in [0, 0.1) is 0 Å². The van der Waals surface area contributed by atoms with Gasteiger partial charge in [-0.3, -0.25) is 4.79 Å². The Morgan fingerprint density at radius 1 is 1.19 bits per heavy atom. The lowest BCUT2D eigenvalue weighted by molar-refractivity contribution is -0.137. The average Bonchev–Trinajstić information content (AvgIpc) is 2.78. The van der Waals surface area contributed by atoms with Crippen LogP contribution in [-0.4, -0.2) is 50.1 Å². The molecule has 2 heterocycles. The Labute approximate surface area is 208 Å². The Kier molecular flexibility index (Phi) is 7.42. The lowest BCUT2D eigenvalue weighted by atomic mass is 9.92. The van der Waals surface area contributed by atoms with E-state index in [-0.39, 0.29) is 36.2 Å². The van der Waals surface area contributed by atoms with Gasteiger partial charge in [-0.2, -0.15) is 18.2 Å². The Bertz CT molecular complexity index is 1090. The highest BCUT2D eigenvalue weighted by Crippen LogP contribution is 2.35. The summed E-state index contributed by atoms with van der Waals surface area (Å²) in [5.74, 6) is -0.331. The molecule has 5 N–H and O–H groups in total. The third kappa shape index (κ3) is 6.64. The maximum Gasteiger partial charge on any atom is 0.421 e. The first kappa shape index (κ1) is 26.2. The van der Waals surface area contributed by atoms with Crippen molar-refractivity contribution in [2.45, 2.75) is 82.8 Å². The van der Waals surface area contributed by atoms with E-state index in [1.165, 1.54) is 0 Å². The second kappa shape index (κ2) is 10.2. The van der Waals surface area contributed by atoms with E-state index in [9.17, 15) is 23.1 Å². The van der Waals surface area contributed by atoms with Gasteiger partial charge in [0.2, 0.25) is 11.9 Å². The lowest BCUT2D eigenvalue weighted by Gasteiger charge is -2.31. The first-order chi connectivity index (χ1) is 16.9. The standard InChI is InChI=1S/C25H33F3N6O2/c1-24(2,36)12-21(35)34-10-9-15-3-6-19(11-16(15)14-34)32-23-30-13-20(25(26,27)28)22(33-23)31-18-7-4-17(29)5-8-18/h3,6,11,13,17-18,36H,4-5,7-10,12,14,29H2,1-2H3,(H2,30,31,32,33). The summed E-state index contributed by atoms with van der Waals surface area (Å²) in [4.78, 5) is 22.3. The van der Waals surface area contributed by atoms with Gasteiger partial charge in [-0.15, -0.1) is 0 Å². The van der Waals surface area contributed by atoms with E-state index >= 15 is 0 Å². The molecular weight excluding hydrogens is 473 g/mol. The number of aromatic nitrogens is 2. The van der Waals surface area contributed by atoms with Gasteiger partial charge in [-0.05, 0) is 69.2 Å². The molecule has 1 amide bonds. The van der Waals surface area contributed by atoms with Crippen molar-refractivity contribution in [1.82, 2.24) is 14.9 Å². The zero-order chi connectivity index (χ0) is 26.1. The van der Waals surface area contributed by atoms with Crippen molar-refractivity contribution >= 4 is 23.4 Å². The molecule has 2 aromatic rings. The number of nitrogens with one attached hydrogen (secondary N) is 2. The number of aliphatic hydroxyl groups is 1. The number of hydrogen-bond acceptors (Lipinski definition) is 7. The maximum absolute atomic E-state index is 13.6. The third-order valence-electron chi connectivity index (χ3n) is 6.62. The molecule has 1 saturated carbocycles. The van der Waals surface area contributed by atoms with Gasteiger partial charge in [-0.25, -0.2) is 4.98 Å². The van der Waals surface area contributed by atoms with Crippen LogP contribution in [0.3, 0.4) is 0 Å². The number of nitrogens with two attached hydrogens (primary N) is 1. The summed E-state index contributed by atoms with van der Waals surface area (Å²) in [5, 5.41) is 15.9. The summed E-state index contributed by atoms with van der Waals surface area (Å²) in [6.07, 6.45) is -0.221. The summed E-state index contributed by atoms with van der Waals surface area (Å²) < 4.78 is 40.8. The first-order valence-corrected chi connectivity index (χ1v) is 12.2. The van der Waals surface area contributed by atoms with Crippen LogP contribution in [0.5, 0.6) is 0 Å². The number of halogens is 3. The minimum absolute atomic E-state index is 0.0301. The smallest absolute Gasteiger partial charge is 0.390 e. The van der Waals surface area contributed by atoms with Crippen LogP contribution in [0.2, 0.25) is 0 Å². The zero-order valence-corrected chi connectivity index (χ0v) is 20.5. The minimum Gasteiger partial charge on any atom is -0.390 e. The van der Waals surface area contributed by atoms with Gasteiger partial charge in [0, 0.05) is 37.1 Å². The predicted octanol–water partition coefficient (Wildman–Crippen LogP) is 3.97. The van der Waals surface area contributed by atoms with Crippen molar-refractivity contribution in [2.75, 3.05) is 17.2 Å². The molecule has 0 unspecified atom stereocenters. The van der Waals surface area contributed by atoms with Gasteiger partial charge in [0.05, 0.1) is 12.0 Å². The number of amides is 1. The fourth-order valence-electron chi connectivity index (χ4n) is 4.68. The molecule has 1 aliphatic carbocycles. The van der Waals surface area contributed by atoms with Gasteiger partial charge in [0.25, 0.3) is 0 Å². The normalized spacial score (nSPS) is 20.6. The lowest BCUT2D eigenvalue weighted by Crippen LogP contribution is -2.39. The van der Waals surface area contributed by atoms with Gasteiger partial charge in [-0.1, -0.05) is 6.07 Å². The number of carbonyl (C=O) groups is 1. The molecule has 1 aromatic carbocycles. The first-order valence-electron chi connectivity index (χ1n) is 12.2. The van der Waals surface area contributed by atoms with Crippen LogP contribution in [0.4, 0.5) is 30.6 Å². The number of alkyl halides is 3. The van der Waals surface area contributed by atoms with E-state index in [1.54, 1.807) is 18.7 Å². The van der Waals surface area contributed by atoms with Crippen molar-refractivity contribution in [3.05, 3.63) is 41.1 Å². The quantitative estimate of drug-likeness (QED) is 0.469. The highest BCUT2D eigenvalue weighted by atomic mass is 19.4. The van der Waals surface area contributed by atoms with E-state index in [0.717, 1.165) is 30.2 Å². The average molecular weight is 507 g/mol. The topological polar surface area (TPSA) is 116 Å². The van der Waals surface area contributed by atoms with Crippen LogP contribution in [0.1, 0.15) is 62.6 Å². The predicted molar refractivity (Wildman–Crippen MR) is 131 cm³/mol. The monoisotopic (exact) mass is 506 g/mol.